The van der Waals surface area contributed by atoms with E-state index in [2.05, 4.69) is 27.1 Å². The Kier molecular flexibility index (Phi) is 3.61. The van der Waals surface area contributed by atoms with Gasteiger partial charge in [-0.2, -0.15) is 5.10 Å². The number of fused-ring (bicyclic) bond motifs is 1. The Hall–Kier alpha value is -2.21. The lowest BCUT2D eigenvalue weighted by molar-refractivity contribution is -0.121. The summed E-state index contributed by atoms with van der Waals surface area (Å²) in [4.78, 5) is 21.4. The summed E-state index contributed by atoms with van der Waals surface area (Å²) in [6, 6.07) is 8.24. The Morgan fingerprint density at radius 2 is 2.17 bits per heavy atom. The van der Waals surface area contributed by atoms with Crippen LogP contribution in [0.15, 0.2) is 30.6 Å². The first-order valence-corrected chi connectivity index (χ1v) is 8.17. The second-order valence-electron chi connectivity index (χ2n) is 6.39. The maximum atomic E-state index is 12.9. The molecule has 6 nitrogen and oxygen atoms in total. The summed E-state index contributed by atoms with van der Waals surface area (Å²) < 4.78 is 1.80. The molecule has 0 aliphatic carbocycles. The van der Waals surface area contributed by atoms with Crippen LogP contribution in [0.25, 0.3) is 0 Å². The van der Waals surface area contributed by atoms with Gasteiger partial charge in [-0.1, -0.05) is 18.2 Å². The second kappa shape index (κ2) is 5.77. The van der Waals surface area contributed by atoms with Crippen molar-refractivity contribution in [2.45, 2.75) is 19.4 Å². The lowest BCUT2D eigenvalue weighted by Gasteiger charge is -2.21. The van der Waals surface area contributed by atoms with Crippen LogP contribution in [-0.4, -0.2) is 45.2 Å². The summed E-state index contributed by atoms with van der Waals surface area (Å²) >= 11 is 0. The van der Waals surface area contributed by atoms with E-state index in [0.29, 0.717) is 0 Å². The van der Waals surface area contributed by atoms with Crippen molar-refractivity contribution in [3.63, 3.8) is 0 Å². The van der Waals surface area contributed by atoms with Crippen LogP contribution in [0.2, 0.25) is 0 Å². The molecule has 1 amide bonds. The number of carbonyl (C=O) groups excluding carboxylic acids is 1. The van der Waals surface area contributed by atoms with Gasteiger partial charge < -0.3 is 4.90 Å². The van der Waals surface area contributed by atoms with Crippen molar-refractivity contribution >= 4 is 11.6 Å². The third-order valence-electron chi connectivity index (χ3n) is 4.94. The largest absolute Gasteiger partial charge is 0.312 e. The average Bonchev–Trinajstić information content (AvgIpc) is 3.28. The molecule has 0 N–H and O–H groups in total. The molecule has 4 rings (SSSR count). The van der Waals surface area contributed by atoms with E-state index in [1.54, 1.807) is 11.0 Å². The van der Waals surface area contributed by atoms with Gasteiger partial charge in [-0.15, -0.1) is 0 Å². The van der Waals surface area contributed by atoms with Gasteiger partial charge in [0.15, 0.2) is 0 Å². The number of carbonyl (C=O) groups is 1. The Labute approximate surface area is 135 Å². The predicted octanol–water partition coefficient (Wildman–Crippen LogP) is 1.23. The van der Waals surface area contributed by atoms with Crippen molar-refractivity contribution in [3.05, 3.63) is 42.0 Å². The predicted molar refractivity (Wildman–Crippen MR) is 86.9 cm³/mol. The molecule has 120 valence electrons. The van der Waals surface area contributed by atoms with Crippen molar-refractivity contribution in [1.29, 1.82) is 0 Å². The molecule has 6 heteroatoms. The molecule has 1 fully saturated rings. The van der Waals surface area contributed by atoms with Crippen molar-refractivity contribution in [1.82, 2.24) is 19.7 Å². The van der Waals surface area contributed by atoms with E-state index < -0.39 is 0 Å². The van der Waals surface area contributed by atoms with E-state index in [0.717, 1.165) is 50.5 Å². The van der Waals surface area contributed by atoms with Gasteiger partial charge in [-0.05, 0) is 31.0 Å². The van der Waals surface area contributed by atoms with Crippen LogP contribution >= 0.6 is 0 Å². The first-order valence-electron chi connectivity index (χ1n) is 8.17. The smallest absolute Gasteiger partial charge is 0.231 e. The summed E-state index contributed by atoms with van der Waals surface area (Å²) in [7, 11) is 1.90. The minimum absolute atomic E-state index is 0.0920. The molecule has 0 radical (unpaired) electrons. The summed E-state index contributed by atoms with van der Waals surface area (Å²) in [5.74, 6) is 1.31. The van der Waals surface area contributed by atoms with Gasteiger partial charge in [0.05, 0.1) is 12.5 Å². The Bertz CT molecular complexity index is 725. The third kappa shape index (κ3) is 2.63. The third-order valence-corrected chi connectivity index (χ3v) is 4.94. The van der Waals surface area contributed by atoms with Crippen LogP contribution in [-0.2, 0) is 24.8 Å². The van der Waals surface area contributed by atoms with Crippen molar-refractivity contribution < 1.29 is 4.79 Å². The van der Waals surface area contributed by atoms with E-state index in [4.69, 9.17) is 0 Å². The van der Waals surface area contributed by atoms with Crippen molar-refractivity contribution in [2.24, 2.45) is 13.0 Å². The van der Waals surface area contributed by atoms with Crippen LogP contribution in [0.1, 0.15) is 17.8 Å². The van der Waals surface area contributed by atoms with Gasteiger partial charge in [0.2, 0.25) is 5.91 Å². The molecular formula is C17H21N5O. The highest BCUT2D eigenvalue weighted by Crippen LogP contribution is 2.30. The minimum atomic E-state index is 0.0920. The molecule has 0 bridgehead atoms. The highest BCUT2D eigenvalue weighted by Gasteiger charge is 2.34. The zero-order valence-electron chi connectivity index (χ0n) is 13.4. The van der Waals surface area contributed by atoms with Gasteiger partial charge in [0.1, 0.15) is 12.2 Å². The number of hydrogen-bond donors (Lipinski definition) is 0. The van der Waals surface area contributed by atoms with Crippen molar-refractivity contribution in [2.75, 3.05) is 24.5 Å². The standard InChI is InChI=1S/C17H21N5O/c1-20-16(18-12-19-20)11-21-8-6-14(10-21)17(23)22-9-7-13-4-2-3-5-15(13)22/h2-5,12,14H,6-11H2,1H3. The Morgan fingerprint density at radius 3 is 3.00 bits per heavy atom. The molecule has 1 unspecified atom stereocenters. The number of amides is 1. The zero-order valence-corrected chi connectivity index (χ0v) is 13.4. The van der Waals surface area contributed by atoms with E-state index in [-0.39, 0.29) is 11.8 Å². The molecule has 1 atom stereocenters. The molecule has 0 saturated carbocycles. The SMILES string of the molecule is Cn1ncnc1CN1CCC(C(=O)N2CCc3ccccc32)C1. The lowest BCUT2D eigenvalue weighted by atomic mass is 10.1. The summed E-state index contributed by atoms with van der Waals surface area (Å²) in [5, 5.41) is 4.10. The summed E-state index contributed by atoms with van der Waals surface area (Å²) in [5.41, 5.74) is 2.39. The molecular weight excluding hydrogens is 290 g/mol. The van der Waals surface area contributed by atoms with Crippen LogP contribution in [0.5, 0.6) is 0 Å². The number of hydrogen-bond acceptors (Lipinski definition) is 4. The molecule has 2 aromatic rings. The molecule has 1 aromatic heterocycles. The molecule has 0 spiro atoms. The van der Waals surface area contributed by atoms with E-state index in [9.17, 15) is 4.79 Å². The van der Waals surface area contributed by atoms with Crippen LogP contribution in [0.4, 0.5) is 5.69 Å². The highest BCUT2D eigenvalue weighted by atomic mass is 16.2. The number of para-hydroxylation sites is 1. The van der Waals surface area contributed by atoms with Gasteiger partial charge in [-0.25, -0.2) is 4.98 Å². The number of aromatic nitrogens is 3. The molecule has 3 heterocycles. The number of nitrogens with zero attached hydrogens (tertiary/aromatic N) is 5. The zero-order chi connectivity index (χ0) is 15.8. The Balaban J connectivity index is 1.42. The molecule has 1 saturated heterocycles. The number of rotatable bonds is 3. The lowest BCUT2D eigenvalue weighted by Crippen LogP contribution is -2.36. The fraction of sp³-hybridized carbons (Fsp3) is 0.471. The average molecular weight is 311 g/mol. The fourth-order valence-electron chi connectivity index (χ4n) is 3.63. The second-order valence-corrected chi connectivity index (χ2v) is 6.39. The van der Waals surface area contributed by atoms with Crippen LogP contribution in [0, 0.1) is 5.92 Å². The van der Waals surface area contributed by atoms with E-state index in [1.165, 1.54) is 5.56 Å². The monoisotopic (exact) mass is 311 g/mol. The number of aryl methyl sites for hydroxylation is 1. The molecule has 2 aliphatic heterocycles. The molecule has 23 heavy (non-hydrogen) atoms. The topological polar surface area (TPSA) is 54.3 Å². The van der Waals surface area contributed by atoms with Gasteiger partial charge in [0, 0.05) is 25.8 Å². The van der Waals surface area contributed by atoms with Crippen LogP contribution < -0.4 is 4.90 Å². The van der Waals surface area contributed by atoms with Gasteiger partial charge in [0.25, 0.3) is 0 Å². The molecule has 1 aromatic carbocycles. The number of likely N-dealkylation sites (tertiary alicyclic amines) is 1. The fourth-order valence-corrected chi connectivity index (χ4v) is 3.63. The minimum Gasteiger partial charge on any atom is -0.312 e. The Morgan fingerprint density at radius 1 is 1.30 bits per heavy atom. The number of benzene rings is 1. The van der Waals surface area contributed by atoms with Crippen molar-refractivity contribution in [3.8, 4) is 0 Å². The summed E-state index contributed by atoms with van der Waals surface area (Å²) in [6.45, 7) is 3.33. The maximum Gasteiger partial charge on any atom is 0.231 e. The highest BCUT2D eigenvalue weighted by molar-refractivity contribution is 5.97. The van der Waals surface area contributed by atoms with Crippen LogP contribution in [0.3, 0.4) is 0 Å². The quantitative estimate of drug-likeness (QED) is 0.855. The first-order chi connectivity index (χ1) is 11.2. The first kappa shape index (κ1) is 14.4. The normalized spacial score (nSPS) is 20.9. The van der Waals surface area contributed by atoms with Gasteiger partial charge in [-0.3, -0.25) is 14.4 Å². The summed E-state index contributed by atoms with van der Waals surface area (Å²) in [6.07, 6.45) is 3.47. The van der Waals surface area contributed by atoms with E-state index in [1.807, 2.05) is 24.1 Å². The maximum absolute atomic E-state index is 12.9. The molecule has 2 aliphatic rings. The van der Waals surface area contributed by atoms with E-state index >= 15 is 0 Å². The van der Waals surface area contributed by atoms with Gasteiger partial charge >= 0.3 is 0 Å². The number of anilines is 1.